The Morgan fingerprint density at radius 2 is 0.297 bits per heavy atom. The van der Waals surface area contributed by atoms with E-state index in [9.17, 15) is 19.2 Å². The molecule has 14 nitrogen and oxygen atoms in total. The summed E-state index contributed by atoms with van der Waals surface area (Å²) in [7, 11) is 0. The molecule has 0 aliphatic heterocycles. The maximum Gasteiger partial charge on any atom is 0.343 e. The predicted molar refractivity (Wildman–Crippen MR) is 572 cm³/mol. The lowest BCUT2D eigenvalue weighted by molar-refractivity contribution is 0.0724. The molecular weight excluding hydrogens is 1710 g/mol. The molecule has 8 rings (SSSR count). The lowest BCUT2D eigenvalue weighted by Crippen LogP contribution is -2.12. The third-order valence-corrected chi connectivity index (χ3v) is 26.5. The van der Waals surface area contributed by atoms with Gasteiger partial charge in [0.2, 0.25) is 11.5 Å². The Hall–Kier alpha value is -9.56. The fourth-order valence-electron chi connectivity index (χ4n) is 17.8. The van der Waals surface area contributed by atoms with Gasteiger partial charge in [-0.05, 0) is 169 Å². The Bertz CT molecular complexity index is 4380. The average Bonchev–Trinajstić information content (AvgIpc) is 0.807. The van der Waals surface area contributed by atoms with Crippen LogP contribution >= 0.6 is 0 Å². The molecule has 758 valence electrons. The van der Waals surface area contributed by atoms with Crippen molar-refractivity contribution in [1.29, 1.82) is 0 Å². The fraction of sp³-hybridized carbons (Fsp3) is 0.581. The highest BCUT2D eigenvalue weighted by atomic mass is 16.6. The molecule has 8 aromatic rings. The molecule has 0 aromatic heterocycles. The van der Waals surface area contributed by atoms with Crippen molar-refractivity contribution < 1.29 is 66.5 Å². The van der Waals surface area contributed by atoms with Gasteiger partial charge in [-0.3, -0.25) is 0 Å². The number of ether oxygens (including phenoxy) is 10. The number of unbranched alkanes of at least 4 members (excludes halogenated alkanes) is 54. The molecule has 14 heteroatoms. The number of rotatable bonds is 83. The molecule has 138 heavy (non-hydrogen) atoms. The summed E-state index contributed by atoms with van der Waals surface area (Å²) in [6.07, 6.45) is 73.7. The number of benzene rings is 8. The molecule has 0 unspecified atom stereocenters. The predicted octanol–water partition coefficient (Wildman–Crippen LogP) is 37.4. The molecule has 0 aliphatic rings. The first-order valence-corrected chi connectivity index (χ1v) is 55.6. The van der Waals surface area contributed by atoms with Crippen LogP contribution in [-0.2, 0) is 0 Å². The maximum absolute atomic E-state index is 14.3. The quantitative estimate of drug-likeness (QED) is 0.0201. The van der Waals surface area contributed by atoms with Crippen molar-refractivity contribution in [3.05, 3.63) is 192 Å². The topological polar surface area (TPSA) is 161 Å². The molecule has 0 spiro atoms. The van der Waals surface area contributed by atoms with Crippen LogP contribution in [-0.4, -0.2) is 63.5 Å². The van der Waals surface area contributed by atoms with Crippen LogP contribution in [0.2, 0.25) is 0 Å². The summed E-state index contributed by atoms with van der Waals surface area (Å²) in [6.45, 7) is 16.7. The van der Waals surface area contributed by atoms with Crippen molar-refractivity contribution in [1.82, 2.24) is 0 Å². The summed E-state index contributed by atoms with van der Waals surface area (Å²) < 4.78 is 63.6. The molecule has 0 bridgehead atoms. The molecule has 0 saturated carbocycles. The van der Waals surface area contributed by atoms with Gasteiger partial charge >= 0.3 is 23.9 Å². The minimum Gasteiger partial charge on any atom is -0.490 e. The van der Waals surface area contributed by atoms with Crippen molar-refractivity contribution in [3.8, 4) is 90.9 Å². The summed E-state index contributed by atoms with van der Waals surface area (Å²) >= 11 is 0. The standard InChI is InChI=1S/C124H178O14/c1-7-13-19-25-31-37-43-49-55-61-91-129-115-97-109(98-116(130-92-62-56-50-44-38-32-26-20-14-8-2)119(115)133-95-65-59-53-47-41-35-29-23-17-11-5)123(127)137-113-87-77-104(78-88-113)102-69-73-107(74-70-102)121(125)135-111-83-75-103(76-84-111)101-67-71-108(72-68-101)122(126)136-112-85-79-105(80-86-112)106-81-89-114(90-82-106)138-124(128)110-99-117(131-93-63-57-51-45-39-33-27-21-15-9-3)120(134-96-66-60-54-48-42-36-30-24-18-12-6)118(100-110)132-94-64-58-52-46-40-34-28-22-16-10-4/h67-90,97-100H,7-66,91-96H2,1-6H3. The molecule has 0 N–H and O–H groups in total. The van der Waals surface area contributed by atoms with E-state index in [0.29, 0.717) is 119 Å². The van der Waals surface area contributed by atoms with Crippen LogP contribution in [0, 0.1) is 0 Å². The zero-order chi connectivity index (χ0) is 97.4. The van der Waals surface area contributed by atoms with Crippen molar-refractivity contribution >= 4 is 23.9 Å². The van der Waals surface area contributed by atoms with Gasteiger partial charge in [-0.2, -0.15) is 0 Å². The number of esters is 4. The molecular formula is C124H178O14. The monoisotopic (exact) mass is 1890 g/mol. The Kier molecular flexibility index (Phi) is 60.6. The van der Waals surface area contributed by atoms with Gasteiger partial charge in [0.15, 0.2) is 23.0 Å². The first-order chi connectivity index (χ1) is 68.0. The lowest BCUT2D eigenvalue weighted by Gasteiger charge is -2.19. The number of carbonyl (C=O) groups is 4. The van der Waals surface area contributed by atoms with E-state index in [1.165, 1.54) is 308 Å². The summed E-state index contributed by atoms with van der Waals surface area (Å²) in [4.78, 5) is 55.8. The van der Waals surface area contributed by atoms with E-state index >= 15 is 0 Å². The zero-order valence-corrected chi connectivity index (χ0v) is 86.6. The second kappa shape index (κ2) is 73.5. The van der Waals surface area contributed by atoms with E-state index in [1.54, 1.807) is 97.1 Å². The van der Waals surface area contributed by atoms with Gasteiger partial charge in [-0.1, -0.05) is 461 Å². The van der Waals surface area contributed by atoms with Gasteiger partial charge in [0.1, 0.15) is 23.0 Å². The van der Waals surface area contributed by atoms with E-state index < -0.39 is 23.9 Å². The molecule has 0 saturated heterocycles. The van der Waals surface area contributed by atoms with Gasteiger partial charge in [-0.15, -0.1) is 0 Å². The third-order valence-electron chi connectivity index (χ3n) is 26.5. The minimum atomic E-state index is -0.518. The van der Waals surface area contributed by atoms with Gasteiger partial charge in [0.25, 0.3) is 0 Å². The second-order valence-electron chi connectivity index (χ2n) is 38.6. The van der Waals surface area contributed by atoms with Crippen molar-refractivity contribution in [2.45, 2.75) is 427 Å². The average molecular weight is 1890 g/mol. The summed E-state index contributed by atoms with van der Waals surface area (Å²) in [5.74, 6) is 2.72. The molecule has 0 amide bonds. The van der Waals surface area contributed by atoms with Gasteiger partial charge in [-0.25, -0.2) is 19.2 Å². The first kappa shape index (κ1) is 114. The van der Waals surface area contributed by atoms with Crippen LogP contribution in [0.5, 0.6) is 57.5 Å². The maximum atomic E-state index is 14.3. The van der Waals surface area contributed by atoms with Gasteiger partial charge < -0.3 is 47.4 Å². The van der Waals surface area contributed by atoms with E-state index in [1.807, 2.05) is 72.8 Å². The van der Waals surface area contributed by atoms with Crippen LogP contribution in [0.25, 0.3) is 33.4 Å². The minimum absolute atomic E-state index is 0.333. The van der Waals surface area contributed by atoms with E-state index in [-0.39, 0.29) is 0 Å². The highest BCUT2D eigenvalue weighted by Gasteiger charge is 2.25. The first-order valence-electron chi connectivity index (χ1n) is 55.6. The SMILES string of the molecule is CCCCCCCCCCCCOc1cc(C(=O)Oc2ccc(-c3ccc(OC(=O)c4ccc(-c5ccc(OC(=O)c6ccc(-c7ccc(OC(=O)c8cc(OCCCCCCCCCCCC)c(OCCCCCCCCCCCC)c(OCCCCCCCCCCCC)c8)cc7)cc6)cc5)cc4)cc3)cc2)cc(OCCCCCCCCCCCC)c1OCCCCCCCCCCCC. The normalized spacial score (nSPS) is 11.3. The molecule has 0 atom stereocenters. The number of carbonyl (C=O) groups excluding carboxylic acids is 4. The second-order valence-corrected chi connectivity index (χ2v) is 38.6. The van der Waals surface area contributed by atoms with Crippen molar-refractivity contribution in [2.24, 2.45) is 0 Å². The largest absolute Gasteiger partial charge is 0.490 e. The highest BCUT2D eigenvalue weighted by Crippen LogP contribution is 2.43. The molecule has 0 radical (unpaired) electrons. The van der Waals surface area contributed by atoms with Gasteiger partial charge in [0.05, 0.1) is 61.9 Å². The Morgan fingerprint density at radius 3 is 0.464 bits per heavy atom. The number of hydrogen-bond donors (Lipinski definition) is 0. The summed E-state index contributed by atoms with van der Waals surface area (Å²) in [6, 6.07) is 50.8. The summed E-state index contributed by atoms with van der Waals surface area (Å²) in [5, 5.41) is 0. The molecule has 8 aromatic carbocycles. The van der Waals surface area contributed by atoms with Crippen LogP contribution in [0.15, 0.2) is 170 Å². The lowest BCUT2D eigenvalue weighted by atomic mass is 10.0. The molecule has 0 aliphatic carbocycles. The molecule has 0 heterocycles. The summed E-state index contributed by atoms with van der Waals surface area (Å²) in [5.41, 5.74) is 6.68. The highest BCUT2D eigenvalue weighted by molar-refractivity contribution is 5.95. The Balaban J connectivity index is 0.831. The fourth-order valence-corrected chi connectivity index (χ4v) is 17.8. The van der Waals surface area contributed by atoms with Crippen LogP contribution in [0.4, 0.5) is 0 Å². The van der Waals surface area contributed by atoms with E-state index in [0.717, 1.165) is 110 Å². The Morgan fingerprint density at radius 1 is 0.159 bits per heavy atom. The van der Waals surface area contributed by atoms with Crippen LogP contribution in [0.1, 0.15) is 468 Å². The van der Waals surface area contributed by atoms with Crippen LogP contribution in [0.3, 0.4) is 0 Å². The van der Waals surface area contributed by atoms with Gasteiger partial charge in [0, 0.05) is 0 Å². The zero-order valence-electron chi connectivity index (χ0n) is 86.6. The van der Waals surface area contributed by atoms with Crippen molar-refractivity contribution in [2.75, 3.05) is 39.6 Å². The van der Waals surface area contributed by atoms with E-state index in [2.05, 4.69) is 41.5 Å². The number of hydrogen-bond acceptors (Lipinski definition) is 14. The molecule has 0 fully saturated rings. The van der Waals surface area contributed by atoms with Crippen LogP contribution < -0.4 is 47.4 Å². The van der Waals surface area contributed by atoms with E-state index in [4.69, 9.17) is 47.4 Å². The third kappa shape index (κ3) is 47.6. The Labute approximate surface area is 834 Å². The van der Waals surface area contributed by atoms with Crippen molar-refractivity contribution in [3.63, 3.8) is 0 Å². The smallest absolute Gasteiger partial charge is 0.343 e.